The zero-order chi connectivity index (χ0) is 11.4. The first-order valence-corrected chi connectivity index (χ1v) is 5.81. The number of fused-ring (bicyclic) bond motifs is 1. The highest BCUT2D eigenvalue weighted by atomic mass is 16.6. The Morgan fingerprint density at radius 1 is 1.44 bits per heavy atom. The number of hydrogen-bond donors (Lipinski definition) is 1. The van der Waals surface area contributed by atoms with Gasteiger partial charge in [0.05, 0.1) is 5.71 Å². The maximum Gasteiger partial charge on any atom is 0.129 e. The molecule has 16 heavy (non-hydrogen) atoms. The fraction of sp³-hybridized carbons (Fsp3) is 0.462. The highest BCUT2D eigenvalue weighted by molar-refractivity contribution is 6.02. The van der Waals surface area contributed by atoms with Gasteiger partial charge in [-0.15, -0.1) is 0 Å². The maximum absolute atomic E-state index is 5.37. The molecule has 86 valence electrons. The predicted molar refractivity (Wildman–Crippen MR) is 65.6 cm³/mol. The van der Waals surface area contributed by atoms with Crippen LogP contribution in [0.15, 0.2) is 29.4 Å². The third-order valence-corrected chi connectivity index (χ3v) is 3.00. The Morgan fingerprint density at radius 3 is 3.06 bits per heavy atom. The molecule has 0 fully saturated rings. The minimum absolute atomic E-state index is 0.487. The van der Waals surface area contributed by atoms with Gasteiger partial charge in [0.2, 0.25) is 0 Å². The fourth-order valence-electron chi connectivity index (χ4n) is 2.10. The molecule has 2 N–H and O–H groups in total. The van der Waals surface area contributed by atoms with Crippen molar-refractivity contribution in [2.75, 3.05) is 13.2 Å². The molecule has 0 amide bonds. The largest absolute Gasteiger partial charge is 0.394 e. The van der Waals surface area contributed by atoms with E-state index in [0.717, 1.165) is 18.6 Å². The van der Waals surface area contributed by atoms with Crippen molar-refractivity contribution < 1.29 is 4.84 Å². The zero-order valence-corrected chi connectivity index (χ0v) is 9.65. The lowest BCUT2D eigenvalue weighted by atomic mass is 9.83. The summed E-state index contributed by atoms with van der Waals surface area (Å²) in [7, 11) is 0. The average Bonchev–Trinajstić information content (AvgIpc) is 2.33. The van der Waals surface area contributed by atoms with Crippen molar-refractivity contribution in [3.8, 4) is 0 Å². The van der Waals surface area contributed by atoms with Crippen molar-refractivity contribution in [2.45, 2.75) is 25.7 Å². The van der Waals surface area contributed by atoms with E-state index in [-0.39, 0.29) is 0 Å². The molecule has 1 aliphatic carbocycles. The molecule has 0 heterocycles. The van der Waals surface area contributed by atoms with Crippen LogP contribution in [0.5, 0.6) is 0 Å². The lowest BCUT2D eigenvalue weighted by Crippen LogP contribution is -2.16. The van der Waals surface area contributed by atoms with Crippen molar-refractivity contribution >= 4 is 5.71 Å². The molecule has 1 aromatic rings. The highest BCUT2D eigenvalue weighted by Gasteiger charge is 2.20. The van der Waals surface area contributed by atoms with Gasteiger partial charge >= 0.3 is 0 Å². The van der Waals surface area contributed by atoms with Crippen LogP contribution in [0, 0.1) is 0 Å². The number of nitrogens with zero attached hydrogens (tertiary/aromatic N) is 1. The van der Waals surface area contributed by atoms with Gasteiger partial charge < -0.3 is 10.6 Å². The molecule has 0 aromatic heterocycles. The van der Waals surface area contributed by atoms with Crippen LogP contribution in [0.1, 0.15) is 36.8 Å². The summed E-state index contributed by atoms with van der Waals surface area (Å²) in [5.74, 6) is 0.615. The third-order valence-electron chi connectivity index (χ3n) is 3.00. The number of benzene rings is 1. The maximum atomic E-state index is 5.37. The molecule has 0 saturated heterocycles. The molecule has 0 aliphatic heterocycles. The molecule has 1 atom stereocenters. The Hall–Kier alpha value is -1.35. The van der Waals surface area contributed by atoms with Crippen molar-refractivity contribution in [1.29, 1.82) is 0 Å². The predicted octanol–water partition coefficient (Wildman–Crippen LogP) is 2.26. The summed E-state index contributed by atoms with van der Waals surface area (Å²) in [6.45, 7) is 3.26. The Bertz CT molecular complexity index is 387. The lowest BCUT2D eigenvalue weighted by molar-refractivity contribution is 0.151. The van der Waals surface area contributed by atoms with Crippen LogP contribution in [0.25, 0.3) is 0 Å². The second kappa shape index (κ2) is 5.12. The van der Waals surface area contributed by atoms with Crippen molar-refractivity contribution in [2.24, 2.45) is 10.9 Å². The van der Waals surface area contributed by atoms with Crippen LogP contribution < -0.4 is 5.73 Å². The van der Waals surface area contributed by atoms with E-state index in [4.69, 9.17) is 10.6 Å². The van der Waals surface area contributed by atoms with Gasteiger partial charge in [0, 0.05) is 12.1 Å². The Morgan fingerprint density at radius 2 is 2.25 bits per heavy atom. The van der Waals surface area contributed by atoms with Gasteiger partial charge in [-0.2, -0.15) is 0 Å². The molecule has 2 rings (SSSR count). The topological polar surface area (TPSA) is 47.6 Å². The van der Waals surface area contributed by atoms with Crippen LogP contribution in [0.2, 0.25) is 0 Å². The number of rotatable bonds is 3. The Labute approximate surface area is 96.3 Å². The van der Waals surface area contributed by atoms with Crippen LogP contribution in [0.3, 0.4) is 0 Å². The van der Waals surface area contributed by atoms with Gasteiger partial charge in [-0.3, -0.25) is 0 Å². The summed E-state index contributed by atoms with van der Waals surface area (Å²) in [6, 6.07) is 8.43. The number of nitrogens with two attached hydrogens (primary N) is 1. The van der Waals surface area contributed by atoms with Gasteiger partial charge in [-0.05, 0) is 24.3 Å². The number of oxime groups is 1. The SMILES string of the molecule is CC1CCC(=NOCCN)c2ccccc21. The van der Waals surface area contributed by atoms with Gasteiger partial charge in [0.25, 0.3) is 0 Å². The molecule has 0 saturated carbocycles. The average molecular weight is 218 g/mol. The molecule has 0 bridgehead atoms. The molecule has 1 unspecified atom stereocenters. The molecule has 1 aliphatic rings. The van der Waals surface area contributed by atoms with Gasteiger partial charge in [0.1, 0.15) is 6.61 Å². The summed E-state index contributed by atoms with van der Waals surface area (Å²) in [6.07, 6.45) is 2.13. The lowest BCUT2D eigenvalue weighted by Gasteiger charge is -2.23. The van der Waals surface area contributed by atoms with Gasteiger partial charge in [-0.25, -0.2) is 0 Å². The van der Waals surface area contributed by atoms with E-state index in [1.54, 1.807) is 0 Å². The first kappa shape index (κ1) is 11.1. The Kier molecular flexibility index (Phi) is 3.57. The van der Waals surface area contributed by atoms with E-state index in [1.807, 2.05) is 0 Å². The van der Waals surface area contributed by atoms with Crippen LogP contribution >= 0.6 is 0 Å². The monoisotopic (exact) mass is 218 g/mol. The summed E-state index contributed by atoms with van der Waals surface area (Å²) in [5.41, 5.74) is 9.04. The normalized spacial score (nSPS) is 21.9. The standard InChI is InChI=1S/C13H18N2O/c1-10-6-7-13(15-16-9-8-14)12-5-3-2-4-11(10)12/h2-5,10H,6-9,14H2,1H3. The molecule has 0 spiro atoms. The van der Waals surface area contributed by atoms with Crippen LogP contribution in [-0.4, -0.2) is 18.9 Å². The third kappa shape index (κ3) is 2.25. The highest BCUT2D eigenvalue weighted by Crippen LogP contribution is 2.31. The minimum Gasteiger partial charge on any atom is -0.394 e. The summed E-state index contributed by atoms with van der Waals surface area (Å²) < 4.78 is 0. The van der Waals surface area contributed by atoms with Gasteiger partial charge in [-0.1, -0.05) is 36.3 Å². The molecule has 0 radical (unpaired) electrons. The van der Waals surface area contributed by atoms with Crippen LogP contribution in [0.4, 0.5) is 0 Å². The van der Waals surface area contributed by atoms with E-state index < -0.39 is 0 Å². The first-order chi connectivity index (χ1) is 7.83. The summed E-state index contributed by atoms with van der Waals surface area (Å²) in [4.78, 5) is 5.18. The van der Waals surface area contributed by atoms with Crippen molar-refractivity contribution in [3.05, 3.63) is 35.4 Å². The van der Waals surface area contributed by atoms with Crippen molar-refractivity contribution in [3.63, 3.8) is 0 Å². The zero-order valence-electron chi connectivity index (χ0n) is 9.65. The van der Waals surface area contributed by atoms with E-state index in [9.17, 15) is 0 Å². The second-order valence-corrected chi connectivity index (χ2v) is 4.19. The van der Waals surface area contributed by atoms with E-state index in [1.165, 1.54) is 11.1 Å². The van der Waals surface area contributed by atoms with Crippen molar-refractivity contribution in [1.82, 2.24) is 0 Å². The molecule has 3 heteroatoms. The minimum atomic E-state index is 0.487. The van der Waals surface area contributed by atoms with E-state index in [0.29, 0.717) is 19.1 Å². The fourth-order valence-corrected chi connectivity index (χ4v) is 2.10. The van der Waals surface area contributed by atoms with Crippen LogP contribution in [-0.2, 0) is 4.84 Å². The number of hydrogen-bond acceptors (Lipinski definition) is 3. The second-order valence-electron chi connectivity index (χ2n) is 4.19. The summed E-state index contributed by atoms with van der Waals surface area (Å²) in [5, 5.41) is 4.19. The first-order valence-electron chi connectivity index (χ1n) is 5.81. The molecular formula is C13H18N2O. The smallest absolute Gasteiger partial charge is 0.129 e. The molecule has 3 nitrogen and oxygen atoms in total. The van der Waals surface area contributed by atoms with E-state index in [2.05, 4.69) is 36.3 Å². The summed E-state index contributed by atoms with van der Waals surface area (Å²) >= 11 is 0. The Balaban J connectivity index is 2.24. The molecular weight excluding hydrogens is 200 g/mol. The quantitative estimate of drug-likeness (QED) is 0.625. The van der Waals surface area contributed by atoms with E-state index >= 15 is 0 Å². The molecule has 1 aromatic carbocycles. The van der Waals surface area contributed by atoms with Gasteiger partial charge in [0.15, 0.2) is 0 Å².